The molecule has 2 N–H and O–H groups in total. The highest BCUT2D eigenvalue weighted by molar-refractivity contribution is 5.86. The van der Waals surface area contributed by atoms with E-state index in [4.69, 9.17) is 9.47 Å². The molecule has 0 unspecified atom stereocenters. The van der Waals surface area contributed by atoms with Crippen LogP contribution in [-0.4, -0.2) is 55.7 Å². The molecule has 3 rings (SSSR count). The van der Waals surface area contributed by atoms with Crippen molar-refractivity contribution in [1.29, 1.82) is 0 Å². The number of amides is 1. The van der Waals surface area contributed by atoms with Gasteiger partial charge in [0.15, 0.2) is 0 Å². The lowest BCUT2D eigenvalue weighted by atomic mass is 9.87. The first-order chi connectivity index (χ1) is 16.5. The average molecular weight is 466 g/mol. The van der Waals surface area contributed by atoms with Gasteiger partial charge in [0, 0.05) is 47.1 Å². The van der Waals surface area contributed by atoms with Crippen LogP contribution in [-0.2, 0) is 4.79 Å². The van der Waals surface area contributed by atoms with Crippen LogP contribution in [0.15, 0.2) is 48.7 Å². The zero-order valence-electron chi connectivity index (χ0n) is 21.2. The number of methoxy groups -OCH3 is 2. The maximum atomic E-state index is 13.2. The Labute approximate surface area is 203 Å². The lowest BCUT2D eigenvalue weighted by Gasteiger charge is -2.22. The number of hydrogen-bond donors (Lipinski definition) is 2. The SMILES string of the molecule is CCN(CC)CCC[C@H](C)NC(=O)C[C@H](c1ccc(OC)cc1OC)c1c[nH]c2ccccc12. The average Bonchev–Trinajstić information content (AvgIpc) is 3.29. The van der Waals surface area contributed by atoms with Crippen molar-refractivity contribution in [1.82, 2.24) is 15.2 Å². The minimum Gasteiger partial charge on any atom is -0.497 e. The molecule has 0 aliphatic carbocycles. The second-order valence-electron chi connectivity index (χ2n) is 8.79. The van der Waals surface area contributed by atoms with Crippen LogP contribution in [0.4, 0.5) is 0 Å². The van der Waals surface area contributed by atoms with Gasteiger partial charge in [-0.05, 0) is 57.1 Å². The predicted octanol–water partition coefficient (Wildman–Crippen LogP) is 5.33. The van der Waals surface area contributed by atoms with Gasteiger partial charge in [0.1, 0.15) is 11.5 Å². The van der Waals surface area contributed by atoms with E-state index in [1.807, 2.05) is 36.5 Å². The standard InChI is InChI=1S/C28H39N3O3/c1-6-31(7-2)16-10-11-20(3)30-28(32)18-24(23-15-14-21(33-4)17-27(23)34-5)25-19-29-26-13-9-8-12-22(25)26/h8-9,12-15,17,19-20,24,29H,6-7,10-11,16,18H2,1-5H3,(H,30,32)/t20-,24+/m0/s1. The molecular weight excluding hydrogens is 426 g/mol. The number of benzene rings is 2. The Kier molecular flexibility index (Phi) is 9.40. The highest BCUT2D eigenvalue weighted by Crippen LogP contribution is 2.39. The Morgan fingerprint density at radius 1 is 1.06 bits per heavy atom. The molecule has 2 atom stereocenters. The number of carbonyl (C=O) groups is 1. The quantitative estimate of drug-likeness (QED) is 0.358. The molecule has 0 radical (unpaired) electrons. The molecule has 1 amide bonds. The van der Waals surface area contributed by atoms with E-state index in [9.17, 15) is 4.79 Å². The summed E-state index contributed by atoms with van der Waals surface area (Å²) in [5.74, 6) is 1.34. The van der Waals surface area contributed by atoms with E-state index < -0.39 is 0 Å². The van der Waals surface area contributed by atoms with Crippen LogP contribution in [0.25, 0.3) is 10.9 Å². The summed E-state index contributed by atoms with van der Waals surface area (Å²) in [5, 5.41) is 4.34. The van der Waals surface area contributed by atoms with E-state index in [0.717, 1.165) is 66.0 Å². The summed E-state index contributed by atoms with van der Waals surface area (Å²) in [5.41, 5.74) is 3.11. The van der Waals surface area contributed by atoms with Crippen LogP contribution < -0.4 is 14.8 Å². The van der Waals surface area contributed by atoms with Gasteiger partial charge in [0.05, 0.1) is 14.2 Å². The van der Waals surface area contributed by atoms with Crippen LogP contribution in [0.5, 0.6) is 11.5 Å². The molecule has 1 aromatic heterocycles. The van der Waals surface area contributed by atoms with Gasteiger partial charge in [0.2, 0.25) is 5.91 Å². The van der Waals surface area contributed by atoms with E-state index in [1.54, 1.807) is 14.2 Å². The number of ether oxygens (including phenoxy) is 2. The number of nitrogens with zero attached hydrogens (tertiary/aromatic N) is 1. The third-order valence-electron chi connectivity index (χ3n) is 6.62. The molecule has 0 aliphatic rings. The van der Waals surface area contributed by atoms with Crippen molar-refractivity contribution in [2.75, 3.05) is 33.9 Å². The first-order valence-corrected chi connectivity index (χ1v) is 12.3. The first kappa shape index (κ1) is 25.6. The van der Waals surface area contributed by atoms with Gasteiger partial charge in [-0.25, -0.2) is 0 Å². The summed E-state index contributed by atoms with van der Waals surface area (Å²) in [7, 11) is 3.29. The van der Waals surface area contributed by atoms with Crippen LogP contribution >= 0.6 is 0 Å². The minimum atomic E-state index is -0.153. The molecule has 1 heterocycles. The summed E-state index contributed by atoms with van der Waals surface area (Å²) in [6, 6.07) is 14.1. The molecule has 0 bridgehead atoms. The smallest absolute Gasteiger partial charge is 0.221 e. The number of carbonyl (C=O) groups excluding carboxylic acids is 1. The summed E-state index contributed by atoms with van der Waals surface area (Å²) in [6.07, 6.45) is 4.39. The van der Waals surface area contributed by atoms with Crippen molar-refractivity contribution in [2.24, 2.45) is 0 Å². The number of hydrogen-bond acceptors (Lipinski definition) is 4. The Morgan fingerprint density at radius 2 is 1.82 bits per heavy atom. The van der Waals surface area contributed by atoms with Gasteiger partial charge in [-0.2, -0.15) is 0 Å². The second kappa shape index (κ2) is 12.5. The Morgan fingerprint density at radius 3 is 2.53 bits per heavy atom. The number of fused-ring (bicyclic) bond motifs is 1. The monoisotopic (exact) mass is 465 g/mol. The Balaban J connectivity index is 1.81. The van der Waals surface area contributed by atoms with E-state index in [1.165, 1.54) is 0 Å². The fourth-order valence-electron chi connectivity index (χ4n) is 4.63. The summed E-state index contributed by atoms with van der Waals surface area (Å²) in [4.78, 5) is 19.0. The number of nitrogens with one attached hydrogen (secondary N) is 2. The van der Waals surface area contributed by atoms with Gasteiger partial charge in [0.25, 0.3) is 0 Å². The Hall–Kier alpha value is -2.99. The van der Waals surface area contributed by atoms with Crippen molar-refractivity contribution in [3.05, 3.63) is 59.8 Å². The molecule has 6 nitrogen and oxygen atoms in total. The lowest BCUT2D eigenvalue weighted by Crippen LogP contribution is -2.34. The molecule has 0 saturated carbocycles. The maximum Gasteiger partial charge on any atom is 0.221 e. The van der Waals surface area contributed by atoms with Crippen molar-refractivity contribution in [3.63, 3.8) is 0 Å². The zero-order valence-corrected chi connectivity index (χ0v) is 21.2. The number of H-pyrrole nitrogens is 1. The van der Waals surface area contributed by atoms with Gasteiger partial charge >= 0.3 is 0 Å². The third kappa shape index (κ3) is 6.32. The van der Waals surface area contributed by atoms with Gasteiger partial charge in [-0.15, -0.1) is 0 Å². The first-order valence-electron chi connectivity index (χ1n) is 12.3. The van der Waals surface area contributed by atoms with Crippen LogP contribution in [0.1, 0.15) is 57.1 Å². The topological polar surface area (TPSA) is 66.6 Å². The molecule has 34 heavy (non-hydrogen) atoms. The Bertz CT molecular complexity index is 1060. The highest BCUT2D eigenvalue weighted by Gasteiger charge is 2.25. The summed E-state index contributed by atoms with van der Waals surface area (Å²) >= 11 is 0. The molecule has 184 valence electrons. The van der Waals surface area contributed by atoms with Crippen LogP contribution in [0.3, 0.4) is 0 Å². The maximum absolute atomic E-state index is 13.2. The number of aromatic nitrogens is 1. The van der Waals surface area contributed by atoms with Crippen molar-refractivity contribution >= 4 is 16.8 Å². The normalized spacial score (nSPS) is 13.1. The van der Waals surface area contributed by atoms with E-state index >= 15 is 0 Å². The summed E-state index contributed by atoms with van der Waals surface area (Å²) in [6.45, 7) is 9.66. The molecule has 0 spiro atoms. The fourth-order valence-corrected chi connectivity index (χ4v) is 4.63. The van der Waals surface area contributed by atoms with Crippen LogP contribution in [0, 0.1) is 0 Å². The molecule has 0 saturated heterocycles. The highest BCUT2D eigenvalue weighted by atomic mass is 16.5. The minimum absolute atomic E-state index is 0.0449. The fraction of sp³-hybridized carbons (Fsp3) is 0.464. The lowest BCUT2D eigenvalue weighted by molar-refractivity contribution is -0.121. The van der Waals surface area contributed by atoms with Gasteiger partial charge < -0.3 is 24.7 Å². The molecular formula is C28H39N3O3. The second-order valence-corrected chi connectivity index (χ2v) is 8.79. The van der Waals surface area contributed by atoms with Gasteiger partial charge in [-0.1, -0.05) is 38.1 Å². The van der Waals surface area contributed by atoms with E-state index in [2.05, 4.69) is 48.1 Å². The van der Waals surface area contributed by atoms with Crippen molar-refractivity contribution in [2.45, 2.75) is 52.0 Å². The van der Waals surface area contributed by atoms with Gasteiger partial charge in [-0.3, -0.25) is 4.79 Å². The van der Waals surface area contributed by atoms with E-state index in [-0.39, 0.29) is 17.9 Å². The molecule has 6 heteroatoms. The number of para-hydroxylation sites is 1. The van der Waals surface area contributed by atoms with Crippen molar-refractivity contribution < 1.29 is 14.3 Å². The number of aromatic amines is 1. The van der Waals surface area contributed by atoms with Crippen molar-refractivity contribution in [3.8, 4) is 11.5 Å². The molecule has 0 aliphatic heterocycles. The molecule has 0 fully saturated rings. The number of rotatable bonds is 13. The predicted molar refractivity (Wildman–Crippen MR) is 139 cm³/mol. The largest absolute Gasteiger partial charge is 0.497 e. The molecule has 3 aromatic rings. The summed E-state index contributed by atoms with van der Waals surface area (Å²) < 4.78 is 11.1. The van der Waals surface area contributed by atoms with Crippen LogP contribution in [0.2, 0.25) is 0 Å². The zero-order chi connectivity index (χ0) is 24.5. The van der Waals surface area contributed by atoms with E-state index in [0.29, 0.717) is 6.42 Å². The molecule has 2 aromatic carbocycles. The third-order valence-corrected chi connectivity index (χ3v) is 6.62.